The molecule has 110 valence electrons. The van der Waals surface area contributed by atoms with E-state index in [2.05, 4.69) is 20.9 Å². The quantitative estimate of drug-likeness (QED) is 0.823. The molecule has 1 aromatic heterocycles. The molecule has 1 aliphatic carbocycles. The summed E-state index contributed by atoms with van der Waals surface area (Å²) >= 11 is 9.48. The highest BCUT2D eigenvalue weighted by molar-refractivity contribution is 9.10. The molecule has 4 nitrogen and oxygen atoms in total. The predicted octanol–water partition coefficient (Wildman–Crippen LogP) is 3.59. The number of benzene rings is 1. The van der Waals surface area contributed by atoms with Crippen molar-refractivity contribution in [3.05, 3.63) is 54.7 Å². The summed E-state index contributed by atoms with van der Waals surface area (Å²) < 4.78 is 2.14. The molecule has 3 rings (SSSR count). The fraction of sp³-hybridized carbons (Fsp3) is 0.333. The minimum absolute atomic E-state index is 0.0286. The zero-order chi connectivity index (χ0) is 15.4. The van der Waals surface area contributed by atoms with Crippen LogP contribution in [0.25, 0.3) is 11.1 Å². The van der Waals surface area contributed by atoms with Crippen LogP contribution in [0, 0.1) is 5.41 Å². The Morgan fingerprint density at radius 3 is 2.62 bits per heavy atom. The number of nitrogens with one attached hydrogen (secondary N) is 1. The van der Waals surface area contributed by atoms with Gasteiger partial charge in [0.15, 0.2) is 0 Å². The maximum atomic E-state index is 12.7. The van der Waals surface area contributed by atoms with Crippen LogP contribution in [0.5, 0.6) is 0 Å². The normalized spacial score (nSPS) is 19.5. The number of hydrogen-bond donors (Lipinski definition) is 1. The molecule has 0 radical (unpaired) electrons. The molecule has 6 heteroatoms. The summed E-state index contributed by atoms with van der Waals surface area (Å²) in [6.45, 7) is 4.08. The van der Waals surface area contributed by atoms with E-state index in [1.54, 1.807) is 6.07 Å². The molecule has 1 heterocycles. The van der Waals surface area contributed by atoms with Gasteiger partial charge in [-0.2, -0.15) is 0 Å². The van der Waals surface area contributed by atoms with Crippen molar-refractivity contribution in [1.82, 2.24) is 9.55 Å². The summed E-state index contributed by atoms with van der Waals surface area (Å²) in [4.78, 5) is 27.4. The molecule has 1 saturated carbocycles. The SMILES string of the molecule is CC1(C)CC1n1c(=O)[nH]c(Cl)c(-c2cccc(Br)c2)c1=O. The summed E-state index contributed by atoms with van der Waals surface area (Å²) in [5.74, 6) is 0. The van der Waals surface area contributed by atoms with Gasteiger partial charge in [0.25, 0.3) is 5.56 Å². The van der Waals surface area contributed by atoms with E-state index < -0.39 is 5.69 Å². The summed E-state index contributed by atoms with van der Waals surface area (Å²) in [7, 11) is 0. The Hall–Kier alpha value is -1.33. The van der Waals surface area contributed by atoms with Crippen molar-refractivity contribution in [2.45, 2.75) is 26.3 Å². The summed E-state index contributed by atoms with van der Waals surface area (Å²) in [5.41, 5.74) is 0.207. The Balaban J connectivity index is 2.25. The average molecular weight is 370 g/mol. The maximum absolute atomic E-state index is 12.7. The number of H-pyrrole nitrogens is 1. The van der Waals surface area contributed by atoms with E-state index in [0.29, 0.717) is 11.1 Å². The number of rotatable bonds is 2. The number of aromatic nitrogens is 2. The van der Waals surface area contributed by atoms with Gasteiger partial charge in [-0.05, 0) is 29.5 Å². The van der Waals surface area contributed by atoms with E-state index in [0.717, 1.165) is 10.9 Å². The second kappa shape index (κ2) is 4.85. The minimum Gasteiger partial charge on any atom is -0.297 e. The predicted molar refractivity (Wildman–Crippen MR) is 86.9 cm³/mol. The van der Waals surface area contributed by atoms with Crippen molar-refractivity contribution in [2.75, 3.05) is 0 Å². The fourth-order valence-electron chi connectivity index (χ4n) is 2.58. The second-order valence-corrected chi connectivity index (χ2v) is 7.31. The molecule has 1 N–H and O–H groups in total. The Morgan fingerprint density at radius 1 is 1.38 bits per heavy atom. The smallest absolute Gasteiger partial charge is 0.297 e. The molecule has 0 aliphatic heterocycles. The molecule has 0 bridgehead atoms. The Bertz CT molecular complexity index is 838. The molecule has 0 spiro atoms. The Labute approximate surface area is 134 Å². The van der Waals surface area contributed by atoms with Crippen molar-refractivity contribution < 1.29 is 0 Å². The molecular weight excluding hydrogens is 356 g/mol. The summed E-state index contributed by atoms with van der Waals surface area (Å²) in [6, 6.07) is 7.23. The second-order valence-electron chi connectivity index (χ2n) is 6.01. The highest BCUT2D eigenvalue weighted by Crippen LogP contribution is 2.54. The van der Waals surface area contributed by atoms with Crippen molar-refractivity contribution in [3.8, 4) is 11.1 Å². The highest BCUT2D eigenvalue weighted by atomic mass is 79.9. The van der Waals surface area contributed by atoms with Crippen LogP contribution in [-0.4, -0.2) is 9.55 Å². The molecule has 2 aromatic rings. The van der Waals surface area contributed by atoms with Gasteiger partial charge in [-0.3, -0.25) is 14.3 Å². The Kier molecular flexibility index (Phi) is 3.37. The van der Waals surface area contributed by atoms with E-state index in [1.165, 1.54) is 4.57 Å². The molecule has 1 aromatic carbocycles. The van der Waals surface area contributed by atoms with Gasteiger partial charge >= 0.3 is 5.69 Å². The van der Waals surface area contributed by atoms with Gasteiger partial charge < -0.3 is 0 Å². The number of halogens is 2. The third-order valence-corrected chi connectivity index (χ3v) is 4.75. The molecule has 21 heavy (non-hydrogen) atoms. The van der Waals surface area contributed by atoms with Gasteiger partial charge in [0.2, 0.25) is 0 Å². The van der Waals surface area contributed by atoms with Gasteiger partial charge in [-0.25, -0.2) is 4.79 Å². The highest BCUT2D eigenvalue weighted by Gasteiger charge is 2.48. The first-order valence-electron chi connectivity index (χ1n) is 6.61. The first-order chi connectivity index (χ1) is 9.81. The lowest BCUT2D eigenvalue weighted by atomic mass is 10.1. The van der Waals surface area contributed by atoms with Gasteiger partial charge in [0, 0.05) is 10.5 Å². The largest absolute Gasteiger partial charge is 0.329 e. The van der Waals surface area contributed by atoms with Crippen LogP contribution in [0.2, 0.25) is 5.15 Å². The van der Waals surface area contributed by atoms with E-state index >= 15 is 0 Å². The summed E-state index contributed by atoms with van der Waals surface area (Å²) in [5, 5.41) is 0.0813. The number of aromatic amines is 1. The van der Waals surface area contributed by atoms with Crippen molar-refractivity contribution in [1.29, 1.82) is 0 Å². The molecule has 0 saturated heterocycles. The van der Waals surface area contributed by atoms with Gasteiger partial charge in [0.05, 0.1) is 5.56 Å². The third-order valence-electron chi connectivity index (χ3n) is 3.97. The molecule has 1 aliphatic rings. The van der Waals surface area contributed by atoms with E-state index in [1.807, 2.05) is 32.0 Å². The van der Waals surface area contributed by atoms with E-state index in [4.69, 9.17) is 11.6 Å². The van der Waals surface area contributed by atoms with E-state index in [9.17, 15) is 9.59 Å². The van der Waals surface area contributed by atoms with Gasteiger partial charge in [-0.15, -0.1) is 0 Å². The number of nitrogens with zero attached hydrogens (tertiary/aromatic N) is 1. The van der Waals surface area contributed by atoms with Crippen molar-refractivity contribution >= 4 is 27.5 Å². The first-order valence-corrected chi connectivity index (χ1v) is 7.78. The zero-order valence-electron chi connectivity index (χ0n) is 11.6. The van der Waals surface area contributed by atoms with E-state index in [-0.39, 0.29) is 22.2 Å². The monoisotopic (exact) mass is 368 g/mol. The zero-order valence-corrected chi connectivity index (χ0v) is 14.0. The summed E-state index contributed by atoms with van der Waals surface area (Å²) in [6.07, 6.45) is 0.815. The van der Waals surface area contributed by atoms with Crippen LogP contribution in [0.1, 0.15) is 26.3 Å². The molecule has 0 amide bonds. The lowest BCUT2D eigenvalue weighted by Gasteiger charge is -2.10. The lowest BCUT2D eigenvalue weighted by molar-refractivity contribution is 0.514. The standard InChI is InChI=1S/C15H14BrClN2O2/c1-15(2)7-10(15)19-13(20)11(12(17)18-14(19)21)8-4-3-5-9(16)6-8/h3-6,10H,7H2,1-2H3,(H,18,21). The van der Waals surface area contributed by atoms with Crippen LogP contribution >= 0.6 is 27.5 Å². The van der Waals surface area contributed by atoms with Gasteiger partial charge in [-0.1, -0.05) is 53.5 Å². The van der Waals surface area contributed by atoms with Gasteiger partial charge in [0.1, 0.15) is 5.15 Å². The first kappa shape index (κ1) is 14.6. The Morgan fingerprint density at radius 2 is 2.05 bits per heavy atom. The fourth-order valence-corrected chi connectivity index (χ4v) is 3.25. The van der Waals surface area contributed by atoms with Crippen LogP contribution in [0.3, 0.4) is 0 Å². The molecule has 1 unspecified atom stereocenters. The molecule has 1 atom stereocenters. The van der Waals surface area contributed by atoms with Crippen LogP contribution in [0.4, 0.5) is 0 Å². The third kappa shape index (κ3) is 2.49. The molecular formula is C15H14BrClN2O2. The maximum Gasteiger partial charge on any atom is 0.329 e. The molecule has 1 fully saturated rings. The lowest BCUT2D eigenvalue weighted by Crippen LogP contribution is -2.36. The number of hydrogen-bond acceptors (Lipinski definition) is 2. The van der Waals surface area contributed by atoms with Crippen LogP contribution < -0.4 is 11.2 Å². The average Bonchev–Trinajstić information content (AvgIpc) is 2.97. The van der Waals surface area contributed by atoms with Crippen molar-refractivity contribution in [2.24, 2.45) is 5.41 Å². The van der Waals surface area contributed by atoms with Crippen LogP contribution in [0.15, 0.2) is 38.3 Å². The minimum atomic E-state index is -0.445. The topological polar surface area (TPSA) is 54.9 Å². The van der Waals surface area contributed by atoms with Crippen LogP contribution in [-0.2, 0) is 0 Å². The van der Waals surface area contributed by atoms with Crippen molar-refractivity contribution in [3.63, 3.8) is 0 Å².